The van der Waals surface area contributed by atoms with Gasteiger partial charge in [0.15, 0.2) is 0 Å². The SMILES string of the molecule is COc1ccc2c(C(=O)NC(C)c3cn(C)nc3C)cc(=O)oc2c1. The quantitative estimate of drug-likeness (QED) is 0.736. The molecule has 1 aromatic carbocycles. The molecule has 0 aliphatic carbocycles. The van der Waals surface area contributed by atoms with Crippen molar-refractivity contribution in [1.29, 1.82) is 0 Å². The maximum atomic E-state index is 12.7. The highest BCUT2D eigenvalue weighted by molar-refractivity contribution is 6.05. The van der Waals surface area contributed by atoms with Crippen molar-refractivity contribution in [3.63, 3.8) is 0 Å². The number of nitrogens with one attached hydrogen (secondary N) is 1. The number of nitrogens with zero attached hydrogens (tertiary/aromatic N) is 2. The predicted octanol–water partition coefficient (Wildman–Crippen LogP) is 2.33. The van der Waals surface area contributed by atoms with Crippen LogP contribution in [0.1, 0.15) is 34.6 Å². The number of benzene rings is 1. The third-order valence-electron chi connectivity index (χ3n) is 4.06. The van der Waals surface area contributed by atoms with E-state index in [9.17, 15) is 9.59 Å². The third kappa shape index (κ3) is 3.26. The molecule has 2 heterocycles. The van der Waals surface area contributed by atoms with Gasteiger partial charge >= 0.3 is 5.63 Å². The van der Waals surface area contributed by atoms with Gasteiger partial charge in [0.1, 0.15) is 11.3 Å². The molecule has 0 saturated heterocycles. The van der Waals surface area contributed by atoms with E-state index < -0.39 is 5.63 Å². The number of hydrogen-bond donors (Lipinski definition) is 1. The first kappa shape index (κ1) is 16.8. The Kier molecular flexibility index (Phi) is 4.31. The smallest absolute Gasteiger partial charge is 0.337 e. The third-order valence-corrected chi connectivity index (χ3v) is 4.06. The Morgan fingerprint density at radius 1 is 1.36 bits per heavy atom. The molecule has 0 fully saturated rings. The molecule has 3 aromatic rings. The zero-order valence-corrected chi connectivity index (χ0v) is 14.5. The van der Waals surface area contributed by atoms with E-state index in [1.165, 1.54) is 13.2 Å². The van der Waals surface area contributed by atoms with E-state index >= 15 is 0 Å². The van der Waals surface area contributed by atoms with Crippen LogP contribution in [-0.2, 0) is 7.05 Å². The molecule has 0 saturated carbocycles. The molecule has 25 heavy (non-hydrogen) atoms. The lowest BCUT2D eigenvalue weighted by atomic mass is 10.1. The summed E-state index contributed by atoms with van der Waals surface area (Å²) in [7, 11) is 3.35. The van der Waals surface area contributed by atoms with Crippen molar-refractivity contribution >= 4 is 16.9 Å². The number of hydrogen-bond acceptors (Lipinski definition) is 5. The molecule has 3 rings (SSSR count). The number of carbonyl (C=O) groups is 1. The molecule has 1 N–H and O–H groups in total. The first-order chi connectivity index (χ1) is 11.9. The monoisotopic (exact) mass is 341 g/mol. The number of rotatable bonds is 4. The summed E-state index contributed by atoms with van der Waals surface area (Å²) in [6.07, 6.45) is 1.86. The minimum Gasteiger partial charge on any atom is -0.497 e. The summed E-state index contributed by atoms with van der Waals surface area (Å²) in [5.41, 5.74) is 1.75. The average molecular weight is 341 g/mol. The summed E-state index contributed by atoms with van der Waals surface area (Å²) >= 11 is 0. The fraction of sp³-hybridized carbons (Fsp3) is 0.278. The van der Waals surface area contributed by atoms with E-state index in [4.69, 9.17) is 9.15 Å². The van der Waals surface area contributed by atoms with Crippen LogP contribution in [0.25, 0.3) is 11.0 Å². The van der Waals surface area contributed by atoms with Crippen LogP contribution in [0.4, 0.5) is 0 Å². The second kappa shape index (κ2) is 6.43. The minimum absolute atomic E-state index is 0.248. The van der Waals surface area contributed by atoms with Crippen LogP contribution < -0.4 is 15.7 Å². The van der Waals surface area contributed by atoms with Crippen molar-refractivity contribution in [2.24, 2.45) is 7.05 Å². The Morgan fingerprint density at radius 3 is 2.76 bits per heavy atom. The molecule has 130 valence electrons. The second-order valence-corrected chi connectivity index (χ2v) is 5.88. The zero-order chi connectivity index (χ0) is 18.1. The highest BCUT2D eigenvalue weighted by Gasteiger charge is 2.18. The van der Waals surface area contributed by atoms with E-state index in [0.717, 1.165) is 11.3 Å². The number of carbonyl (C=O) groups excluding carboxylic acids is 1. The molecular weight excluding hydrogens is 322 g/mol. The molecular formula is C18H19N3O4. The van der Waals surface area contributed by atoms with Crippen LogP contribution in [0.2, 0.25) is 0 Å². The van der Waals surface area contributed by atoms with E-state index in [2.05, 4.69) is 10.4 Å². The number of amides is 1. The van der Waals surface area contributed by atoms with Gasteiger partial charge in [0.2, 0.25) is 0 Å². The van der Waals surface area contributed by atoms with Crippen LogP contribution in [0.3, 0.4) is 0 Å². The Morgan fingerprint density at radius 2 is 2.12 bits per heavy atom. The molecule has 0 spiro atoms. The first-order valence-electron chi connectivity index (χ1n) is 7.82. The van der Waals surface area contributed by atoms with Gasteiger partial charge in [0.05, 0.1) is 24.4 Å². The molecule has 1 unspecified atom stereocenters. The average Bonchev–Trinajstić information content (AvgIpc) is 2.91. The van der Waals surface area contributed by atoms with Crippen molar-refractivity contribution in [3.8, 4) is 5.75 Å². The van der Waals surface area contributed by atoms with Gasteiger partial charge in [0, 0.05) is 36.3 Å². The van der Waals surface area contributed by atoms with E-state index in [1.807, 2.05) is 27.1 Å². The van der Waals surface area contributed by atoms with Crippen LogP contribution in [0.5, 0.6) is 5.75 Å². The first-order valence-corrected chi connectivity index (χ1v) is 7.82. The number of fused-ring (bicyclic) bond motifs is 1. The summed E-state index contributed by atoms with van der Waals surface area (Å²) in [6.45, 7) is 3.76. The molecule has 1 atom stereocenters. The van der Waals surface area contributed by atoms with Gasteiger partial charge < -0.3 is 14.5 Å². The van der Waals surface area contributed by atoms with Crippen molar-refractivity contribution < 1.29 is 13.9 Å². The van der Waals surface area contributed by atoms with Crippen molar-refractivity contribution in [1.82, 2.24) is 15.1 Å². The molecule has 0 aliphatic rings. The molecule has 0 aliphatic heterocycles. The van der Waals surface area contributed by atoms with Crippen molar-refractivity contribution in [2.45, 2.75) is 19.9 Å². The van der Waals surface area contributed by atoms with Gasteiger partial charge in [-0.15, -0.1) is 0 Å². The normalized spacial score (nSPS) is 12.2. The van der Waals surface area contributed by atoms with Crippen LogP contribution in [0.15, 0.2) is 39.7 Å². The van der Waals surface area contributed by atoms with Gasteiger partial charge in [-0.05, 0) is 26.0 Å². The molecule has 1 amide bonds. The maximum absolute atomic E-state index is 12.7. The van der Waals surface area contributed by atoms with Crippen molar-refractivity contribution in [2.75, 3.05) is 7.11 Å². The molecule has 7 heteroatoms. The number of methoxy groups -OCH3 is 1. The molecule has 0 bridgehead atoms. The molecule has 7 nitrogen and oxygen atoms in total. The van der Waals surface area contributed by atoms with Gasteiger partial charge in [-0.2, -0.15) is 5.10 Å². The number of aromatic nitrogens is 2. The zero-order valence-electron chi connectivity index (χ0n) is 14.5. The summed E-state index contributed by atoms with van der Waals surface area (Å²) in [4.78, 5) is 24.5. The predicted molar refractivity (Wildman–Crippen MR) is 92.9 cm³/mol. The largest absolute Gasteiger partial charge is 0.497 e. The van der Waals surface area contributed by atoms with E-state index in [1.54, 1.807) is 22.9 Å². The van der Waals surface area contributed by atoms with Crippen molar-refractivity contribution in [3.05, 3.63) is 57.7 Å². The van der Waals surface area contributed by atoms with Crippen LogP contribution in [-0.4, -0.2) is 22.8 Å². The molecule has 0 radical (unpaired) electrons. The number of ether oxygens (including phenoxy) is 1. The summed E-state index contributed by atoms with van der Waals surface area (Å²) < 4.78 is 12.0. The number of aryl methyl sites for hydroxylation is 2. The highest BCUT2D eigenvalue weighted by Crippen LogP contribution is 2.23. The Hall–Kier alpha value is -3.09. The Labute approximate surface area is 144 Å². The summed E-state index contributed by atoms with van der Waals surface area (Å²) in [6, 6.07) is 5.95. The summed E-state index contributed by atoms with van der Waals surface area (Å²) in [5, 5.41) is 7.74. The van der Waals surface area contributed by atoms with E-state index in [0.29, 0.717) is 16.7 Å². The van der Waals surface area contributed by atoms with Crippen LogP contribution in [0, 0.1) is 6.92 Å². The fourth-order valence-corrected chi connectivity index (χ4v) is 2.85. The Balaban J connectivity index is 1.96. The van der Waals surface area contributed by atoms with Gasteiger partial charge in [-0.25, -0.2) is 4.79 Å². The maximum Gasteiger partial charge on any atom is 0.337 e. The lowest BCUT2D eigenvalue weighted by Crippen LogP contribution is -2.27. The van der Waals surface area contributed by atoms with Gasteiger partial charge in [-0.1, -0.05) is 0 Å². The minimum atomic E-state index is -0.587. The highest BCUT2D eigenvalue weighted by atomic mass is 16.5. The van der Waals surface area contributed by atoms with E-state index in [-0.39, 0.29) is 17.5 Å². The topological polar surface area (TPSA) is 86.4 Å². The fourth-order valence-electron chi connectivity index (χ4n) is 2.85. The van der Waals surface area contributed by atoms with Gasteiger partial charge in [-0.3, -0.25) is 9.48 Å². The van der Waals surface area contributed by atoms with Gasteiger partial charge in [0.25, 0.3) is 5.91 Å². The summed E-state index contributed by atoms with van der Waals surface area (Å²) in [5.74, 6) is 0.200. The Bertz CT molecular complexity index is 1000. The molecule has 2 aromatic heterocycles. The standard InChI is InChI=1S/C18H19N3O4/c1-10(15-9-21(3)20-11(15)2)19-18(23)14-8-17(22)25-16-7-12(24-4)5-6-13(14)16/h5-10H,1-4H3,(H,19,23). The van der Waals surface area contributed by atoms with Crippen LogP contribution >= 0.6 is 0 Å². The lowest BCUT2D eigenvalue weighted by molar-refractivity contribution is 0.0941. The second-order valence-electron chi connectivity index (χ2n) is 5.88. The lowest BCUT2D eigenvalue weighted by Gasteiger charge is -2.14.